The molecule has 0 radical (unpaired) electrons. The molecule has 0 spiro atoms. The molecule has 28 heavy (non-hydrogen) atoms. The molecule has 2 aromatic rings. The Balaban J connectivity index is 2.04. The second kappa shape index (κ2) is 10.4. The van der Waals surface area contributed by atoms with E-state index in [1.165, 1.54) is 0 Å². The van der Waals surface area contributed by atoms with E-state index in [1.807, 2.05) is 32.0 Å². The summed E-state index contributed by atoms with van der Waals surface area (Å²) >= 11 is 12.5. The van der Waals surface area contributed by atoms with Gasteiger partial charge in [0.1, 0.15) is 0 Å². The summed E-state index contributed by atoms with van der Waals surface area (Å²) in [6.07, 6.45) is 1.10. The maximum atomic E-state index is 6.36. The van der Waals surface area contributed by atoms with Gasteiger partial charge in [-0.2, -0.15) is 0 Å². The first kappa shape index (κ1) is 21.3. The van der Waals surface area contributed by atoms with E-state index in [9.17, 15) is 0 Å². The Hall–Kier alpha value is -1.46. The molecule has 0 amide bonds. The van der Waals surface area contributed by atoms with Crippen molar-refractivity contribution >= 4 is 23.2 Å². The number of halogens is 2. The zero-order chi connectivity index (χ0) is 19.9. The molecule has 1 unspecified atom stereocenters. The first-order valence-electron chi connectivity index (χ1n) is 9.93. The quantitative estimate of drug-likeness (QED) is 0.666. The lowest BCUT2D eigenvalue weighted by atomic mass is 9.96. The molecule has 1 atom stereocenters. The highest BCUT2D eigenvalue weighted by atomic mass is 35.5. The highest BCUT2D eigenvalue weighted by Gasteiger charge is 2.25. The van der Waals surface area contributed by atoms with Gasteiger partial charge in [0.2, 0.25) is 0 Å². The van der Waals surface area contributed by atoms with Crippen LogP contribution in [0.2, 0.25) is 10.0 Å². The lowest BCUT2D eigenvalue weighted by Crippen LogP contribution is -2.33. The maximum absolute atomic E-state index is 6.36. The predicted molar refractivity (Wildman–Crippen MR) is 116 cm³/mol. The Morgan fingerprint density at radius 2 is 1.61 bits per heavy atom. The van der Waals surface area contributed by atoms with Crippen LogP contribution < -0.4 is 14.8 Å². The van der Waals surface area contributed by atoms with Crippen LogP contribution in [0.25, 0.3) is 0 Å². The van der Waals surface area contributed by atoms with Gasteiger partial charge >= 0.3 is 0 Å². The molecule has 2 aromatic carbocycles. The minimum atomic E-state index is 0.0737. The molecule has 1 fully saturated rings. The van der Waals surface area contributed by atoms with Gasteiger partial charge in [0.05, 0.1) is 29.3 Å². The first-order valence-corrected chi connectivity index (χ1v) is 10.7. The smallest absolute Gasteiger partial charge is 0.161 e. The average Bonchev–Trinajstić information content (AvgIpc) is 2.96. The molecular weight excluding hydrogens is 395 g/mol. The van der Waals surface area contributed by atoms with Crippen molar-refractivity contribution in [3.05, 3.63) is 57.6 Å². The SMILES string of the molecule is CCOc1ccc(C(c2ccc(Cl)c(Cl)c2)N2CCCNCC2)cc1OCC. The number of hydrogen-bond acceptors (Lipinski definition) is 4. The third-order valence-electron chi connectivity index (χ3n) is 4.88. The number of rotatable bonds is 7. The first-order chi connectivity index (χ1) is 13.6. The van der Waals surface area contributed by atoms with Crippen LogP contribution in [-0.4, -0.2) is 44.3 Å². The summed E-state index contributed by atoms with van der Waals surface area (Å²) in [4.78, 5) is 2.49. The van der Waals surface area contributed by atoms with Crippen LogP contribution in [0.5, 0.6) is 11.5 Å². The van der Waals surface area contributed by atoms with E-state index in [4.69, 9.17) is 32.7 Å². The second-order valence-electron chi connectivity index (χ2n) is 6.79. The number of nitrogens with zero attached hydrogens (tertiary/aromatic N) is 1. The summed E-state index contributed by atoms with van der Waals surface area (Å²) in [5.74, 6) is 1.55. The van der Waals surface area contributed by atoms with Crippen LogP contribution in [0.3, 0.4) is 0 Å². The Kier molecular flexibility index (Phi) is 7.86. The molecule has 3 rings (SSSR count). The van der Waals surface area contributed by atoms with Gasteiger partial charge in [-0.05, 0) is 62.2 Å². The largest absolute Gasteiger partial charge is 0.490 e. The molecule has 0 aliphatic carbocycles. The normalized spacial score (nSPS) is 16.4. The van der Waals surface area contributed by atoms with Crippen molar-refractivity contribution in [2.45, 2.75) is 26.3 Å². The van der Waals surface area contributed by atoms with Crippen molar-refractivity contribution < 1.29 is 9.47 Å². The average molecular weight is 423 g/mol. The maximum Gasteiger partial charge on any atom is 0.161 e. The van der Waals surface area contributed by atoms with Crippen LogP contribution in [0.15, 0.2) is 36.4 Å². The predicted octanol–water partition coefficient (Wildman–Crippen LogP) is 5.18. The van der Waals surface area contributed by atoms with E-state index in [-0.39, 0.29) is 6.04 Å². The summed E-state index contributed by atoms with van der Waals surface area (Å²) < 4.78 is 11.6. The van der Waals surface area contributed by atoms with E-state index in [0.29, 0.717) is 23.3 Å². The molecule has 0 saturated carbocycles. The number of hydrogen-bond donors (Lipinski definition) is 1. The third-order valence-corrected chi connectivity index (χ3v) is 5.62. The minimum absolute atomic E-state index is 0.0737. The van der Waals surface area contributed by atoms with Gasteiger partial charge in [-0.1, -0.05) is 35.3 Å². The van der Waals surface area contributed by atoms with E-state index < -0.39 is 0 Å². The van der Waals surface area contributed by atoms with E-state index in [2.05, 4.69) is 28.4 Å². The zero-order valence-corrected chi connectivity index (χ0v) is 18.0. The van der Waals surface area contributed by atoms with Gasteiger partial charge in [-0.15, -0.1) is 0 Å². The minimum Gasteiger partial charge on any atom is -0.490 e. The van der Waals surface area contributed by atoms with E-state index >= 15 is 0 Å². The summed E-state index contributed by atoms with van der Waals surface area (Å²) in [5.41, 5.74) is 2.29. The Labute approximate surface area is 177 Å². The van der Waals surface area contributed by atoms with Crippen LogP contribution in [-0.2, 0) is 0 Å². The molecule has 152 valence electrons. The number of nitrogens with one attached hydrogen (secondary N) is 1. The highest BCUT2D eigenvalue weighted by molar-refractivity contribution is 6.42. The summed E-state index contributed by atoms with van der Waals surface area (Å²) in [7, 11) is 0. The number of benzene rings is 2. The second-order valence-corrected chi connectivity index (χ2v) is 7.60. The van der Waals surface area contributed by atoms with Gasteiger partial charge in [-0.3, -0.25) is 4.90 Å². The molecule has 1 aliphatic heterocycles. The van der Waals surface area contributed by atoms with Gasteiger partial charge in [0.15, 0.2) is 11.5 Å². The van der Waals surface area contributed by atoms with Crippen LogP contribution in [0.4, 0.5) is 0 Å². The fourth-order valence-electron chi connectivity index (χ4n) is 3.66. The van der Waals surface area contributed by atoms with Crippen molar-refractivity contribution in [1.29, 1.82) is 0 Å². The van der Waals surface area contributed by atoms with Crippen LogP contribution >= 0.6 is 23.2 Å². The highest BCUT2D eigenvalue weighted by Crippen LogP contribution is 2.37. The van der Waals surface area contributed by atoms with Gasteiger partial charge in [0, 0.05) is 19.6 Å². The molecule has 0 aromatic heterocycles. The fourth-order valence-corrected chi connectivity index (χ4v) is 3.97. The van der Waals surface area contributed by atoms with Crippen molar-refractivity contribution in [2.24, 2.45) is 0 Å². The molecule has 1 heterocycles. The Morgan fingerprint density at radius 3 is 2.36 bits per heavy atom. The number of ether oxygens (including phenoxy) is 2. The monoisotopic (exact) mass is 422 g/mol. The van der Waals surface area contributed by atoms with Gasteiger partial charge in [0.25, 0.3) is 0 Å². The standard InChI is InChI=1S/C22H28Cl2N2O2/c1-3-27-20-9-7-17(15-21(20)28-4-2)22(26-12-5-10-25-11-13-26)16-6-8-18(23)19(24)14-16/h6-9,14-15,22,25H,3-5,10-13H2,1-2H3. The fraction of sp³-hybridized carbons (Fsp3) is 0.455. The topological polar surface area (TPSA) is 33.7 Å². The lowest BCUT2D eigenvalue weighted by Gasteiger charge is -2.32. The Bertz CT molecular complexity index is 777. The summed E-state index contributed by atoms with van der Waals surface area (Å²) in [6, 6.07) is 12.2. The molecule has 0 bridgehead atoms. The third kappa shape index (κ3) is 5.12. The van der Waals surface area contributed by atoms with Crippen molar-refractivity contribution in [3.63, 3.8) is 0 Å². The zero-order valence-electron chi connectivity index (χ0n) is 16.5. The molecule has 4 nitrogen and oxygen atoms in total. The van der Waals surface area contributed by atoms with E-state index in [0.717, 1.165) is 55.2 Å². The van der Waals surface area contributed by atoms with Gasteiger partial charge < -0.3 is 14.8 Å². The van der Waals surface area contributed by atoms with Crippen molar-refractivity contribution in [2.75, 3.05) is 39.4 Å². The lowest BCUT2D eigenvalue weighted by molar-refractivity contribution is 0.239. The van der Waals surface area contributed by atoms with Crippen molar-refractivity contribution in [3.8, 4) is 11.5 Å². The molecule has 1 saturated heterocycles. The molecule has 6 heteroatoms. The van der Waals surface area contributed by atoms with E-state index in [1.54, 1.807) is 0 Å². The molecule has 1 N–H and O–H groups in total. The molecule has 1 aliphatic rings. The van der Waals surface area contributed by atoms with Gasteiger partial charge in [-0.25, -0.2) is 0 Å². The Morgan fingerprint density at radius 1 is 0.893 bits per heavy atom. The van der Waals surface area contributed by atoms with Crippen molar-refractivity contribution in [1.82, 2.24) is 10.2 Å². The molecular formula is C22H28Cl2N2O2. The summed E-state index contributed by atoms with van der Waals surface area (Å²) in [5, 5.41) is 4.63. The van der Waals surface area contributed by atoms with Crippen LogP contribution in [0, 0.1) is 0 Å². The van der Waals surface area contributed by atoms with Crippen LogP contribution in [0.1, 0.15) is 37.4 Å². The summed E-state index contributed by atoms with van der Waals surface area (Å²) in [6.45, 7) is 9.14.